The summed E-state index contributed by atoms with van der Waals surface area (Å²) in [6, 6.07) is 8.51. The van der Waals surface area contributed by atoms with E-state index in [1.165, 1.54) is 0 Å². The number of hydrogen-bond acceptors (Lipinski definition) is 3. The number of benzene rings is 6. The minimum absolute atomic E-state index is 0.346. The number of hydrogen-bond donors (Lipinski definition) is 0. The molecule has 0 aliphatic carbocycles. The first-order chi connectivity index (χ1) is 21.0. The fourth-order valence-electron chi connectivity index (χ4n) is 4.66. The van der Waals surface area contributed by atoms with Crippen LogP contribution in [0.2, 0.25) is 0 Å². The summed E-state index contributed by atoms with van der Waals surface area (Å²) < 4.78 is 160. The van der Waals surface area contributed by atoms with Crippen LogP contribution in [-0.4, -0.2) is 7.32 Å². The van der Waals surface area contributed by atoms with Crippen molar-refractivity contribution in [1.82, 2.24) is 0 Å². The molecule has 0 aliphatic heterocycles. The third kappa shape index (κ3) is 4.75. The van der Waals surface area contributed by atoms with Crippen molar-refractivity contribution in [3.05, 3.63) is 125 Å². The van der Waals surface area contributed by atoms with Crippen molar-refractivity contribution in [1.29, 1.82) is 0 Å². The molecule has 0 fully saturated rings. The van der Waals surface area contributed by atoms with Crippen LogP contribution >= 0.6 is 0 Å². The van der Waals surface area contributed by atoms with E-state index in [0.717, 1.165) is 30.3 Å². The molecule has 222 valence electrons. The maximum absolute atomic E-state index is 14.5. The van der Waals surface area contributed by atoms with Crippen LogP contribution in [0.1, 0.15) is 0 Å². The minimum atomic E-state index is -2.18. The molecule has 3 nitrogen and oxygen atoms in total. The van der Waals surface area contributed by atoms with Crippen LogP contribution in [0.4, 0.5) is 43.9 Å². The van der Waals surface area contributed by atoms with Gasteiger partial charge in [-0.2, -0.15) is 0 Å². The summed E-state index contributed by atoms with van der Waals surface area (Å²) in [4.78, 5) is 0. The molecule has 6 rings (SSSR count). The Hall–Kier alpha value is -5.14. The molecule has 0 N–H and O–H groups in total. The first kappa shape index (κ1) is 29.0. The van der Waals surface area contributed by atoms with Crippen LogP contribution in [0, 0.1) is 58.2 Å². The lowest BCUT2D eigenvalue weighted by atomic mass is 10.0. The van der Waals surface area contributed by atoms with Crippen LogP contribution in [0.15, 0.2) is 66.7 Å². The van der Waals surface area contributed by atoms with Gasteiger partial charge in [0, 0.05) is 16.2 Å². The summed E-state index contributed by atoms with van der Waals surface area (Å²) in [5.41, 5.74) is 0. The van der Waals surface area contributed by atoms with Crippen LogP contribution in [0.3, 0.4) is 0 Å². The van der Waals surface area contributed by atoms with E-state index in [-0.39, 0.29) is 10.8 Å². The standard InChI is InChI=1S/C30H11BF10O3/c32-15-5-8-21(12-1-3-18(35)27(38)24(12)15)42-31(43-22-9-6-16(33)25-13(22)2-4-19(36)28(25)39)44-23-10-7-17(34)26-14(23)11-20(37)29(40)30(26)41/h1-11H. The van der Waals surface area contributed by atoms with Gasteiger partial charge in [-0.3, -0.25) is 0 Å². The number of halogens is 10. The van der Waals surface area contributed by atoms with Crippen molar-refractivity contribution in [2.75, 3.05) is 0 Å². The van der Waals surface area contributed by atoms with E-state index in [2.05, 4.69) is 0 Å². The van der Waals surface area contributed by atoms with Crippen molar-refractivity contribution in [3.63, 3.8) is 0 Å². The maximum atomic E-state index is 14.5. The zero-order valence-corrected chi connectivity index (χ0v) is 21.4. The molecule has 0 bridgehead atoms. The fourth-order valence-corrected chi connectivity index (χ4v) is 4.66. The molecule has 0 unspecified atom stereocenters. The highest BCUT2D eigenvalue weighted by molar-refractivity contribution is 6.40. The number of fused-ring (bicyclic) bond motifs is 3. The van der Waals surface area contributed by atoms with E-state index in [1.54, 1.807) is 0 Å². The predicted octanol–water partition coefficient (Wildman–Crippen LogP) is 9.06. The van der Waals surface area contributed by atoms with Crippen molar-refractivity contribution in [3.8, 4) is 17.2 Å². The van der Waals surface area contributed by atoms with Gasteiger partial charge in [0.25, 0.3) is 0 Å². The molecule has 6 aromatic rings. The molecule has 0 aliphatic rings. The molecule has 14 heteroatoms. The second-order valence-corrected chi connectivity index (χ2v) is 9.26. The zero-order valence-electron chi connectivity index (χ0n) is 21.4. The highest BCUT2D eigenvalue weighted by Crippen LogP contribution is 2.37. The monoisotopic (exact) mass is 620 g/mol. The number of rotatable bonds is 6. The Bertz CT molecular complexity index is 2040. The van der Waals surface area contributed by atoms with Crippen LogP contribution in [0.5, 0.6) is 17.2 Å². The van der Waals surface area contributed by atoms with Gasteiger partial charge in [0.05, 0.1) is 16.2 Å². The predicted molar refractivity (Wildman–Crippen MR) is 139 cm³/mol. The van der Waals surface area contributed by atoms with Crippen LogP contribution in [0.25, 0.3) is 32.3 Å². The Kier molecular flexibility index (Phi) is 7.14. The molecule has 0 spiro atoms. The minimum Gasteiger partial charge on any atom is -0.489 e. The molecule has 0 saturated heterocycles. The normalized spacial score (nSPS) is 11.4. The second-order valence-electron chi connectivity index (χ2n) is 9.26. The Morgan fingerprint density at radius 1 is 0.341 bits per heavy atom. The lowest BCUT2D eigenvalue weighted by molar-refractivity contribution is 0.311. The largest absolute Gasteiger partial charge is 0.864 e. The van der Waals surface area contributed by atoms with E-state index in [1.807, 2.05) is 0 Å². The van der Waals surface area contributed by atoms with Gasteiger partial charge in [-0.15, -0.1) is 0 Å². The zero-order chi connectivity index (χ0) is 31.4. The van der Waals surface area contributed by atoms with Gasteiger partial charge in [-0.25, -0.2) is 43.9 Å². The summed E-state index contributed by atoms with van der Waals surface area (Å²) in [5.74, 6) is -16.5. The average molecular weight is 620 g/mol. The third-order valence-corrected chi connectivity index (χ3v) is 6.68. The quantitative estimate of drug-likeness (QED) is 0.106. The summed E-state index contributed by atoms with van der Waals surface area (Å²) in [6.07, 6.45) is 0. The lowest BCUT2D eigenvalue weighted by Gasteiger charge is -2.20. The van der Waals surface area contributed by atoms with E-state index >= 15 is 0 Å². The smallest absolute Gasteiger partial charge is 0.489 e. The van der Waals surface area contributed by atoms with Gasteiger partial charge in [-0.1, -0.05) is 0 Å². The highest BCUT2D eigenvalue weighted by atomic mass is 19.2. The average Bonchev–Trinajstić information content (AvgIpc) is 2.99. The molecule has 44 heavy (non-hydrogen) atoms. The van der Waals surface area contributed by atoms with Gasteiger partial charge < -0.3 is 14.0 Å². The molecular formula is C30H11BF10O3. The molecule has 0 aromatic heterocycles. The molecule has 0 amide bonds. The first-order valence-electron chi connectivity index (χ1n) is 12.3. The summed E-state index contributed by atoms with van der Waals surface area (Å²) >= 11 is 0. The molecular weight excluding hydrogens is 609 g/mol. The van der Waals surface area contributed by atoms with Crippen molar-refractivity contribution in [2.45, 2.75) is 0 Å². The fraction of sp³-hybridized carbons (Fsp3) is 0. The van der Waals surface area contributed by atoms with Crippen LogP contribution < -0.4 is 14.0 Å². The van der Waals surface area contributed by atoms with E-state index < -0.39 is 104 Å². The van der Waals surface area contributed by atoms with E-state index in [0.29, 0.717) is 36.4 Å². The van der Waals surface area contributed by atoms with Crippen molar-refractivity contribution >= 4 is 39.6 Å². The maximum Gasteiger partial charge on any atom is 0.864 e. The van der Waals surface area contributed by atoms with Crippen molar-refractivity contribution in [2.24, 2.45) is 0 Å². The lowest BCUT2D eigenvalue weighted by Crippen LogP contribution is -2.37. The first-order valence-corrected chi connectivity index (χ1v) is 12.3. The van der Waals surface area contributed by atoms with Gasteiger partial charge in [-0.05, 0) is 66.7 Å². The molecule has 0 heterocycles. The van der Waals surface area contributed by atoms with Crippen LogP contribution in [-0.2, 0) is 0 Å². The Labute approximate surface area is 240 Å². The van der Waals surface area contributed by atoms with Crippen molar-refractivity contribution < 1.29 is 57.9 Å². The molecule has 0 saturated carbocycles. The summed E-state index contributed by atoms with van der Waals surface area (Å²) in [7, 11) is -2.18. The summed E-state index contributed by atoms with van der Waals surface area (Å²) in [6.45, 7) is 0. The highest BCUT2D eigenvalue weighted by Gasteiger charge is 2.34. The van der Waals surface area contributed by atoms with Gasteiger partial charge in [0.15, 0.2) is 40.7 Å². The Morgan fingerprint density at radius 2 is 0.705 bits per heavy atom. The summed E-state index contributed by atoms with van der Waals surface area (Å²) in [5, 5.41) is -4.03. The Balaban J connectivity index is 1.52. The van der Waals surface area contributed by atoms with E-state index in [4.69, 9.17) is 14.0 Å². The van der Waals surface area contributed by atoms with Gasteiger partial charge in [0.1, 0.15) is 34.7 Å². The van der Waals surface area contributed by atoms with E-state index in [9.17, 15) is 43.9 Å². The van der Waals surface area contributed by atoms with Gasteiger partial charge >= 0.3 is 7.32 Å². The van der Waals surface area contributed by atoms with Gasteiger partial charge in [0.2, 0.25) is 0 Å². The molecule has 0 atom stereocenters. The topological polar surface area (TPSA) is 27.7 Å². The third-order valence-electron chi connectivity index (χ3n) is 6.68. The SMILES string of the molecule is Fc1cc2c(OB(Oc3ccc(F)c4c(F)c(F)ccc34)Oc3ccc(F)c4c(F)c(F)ccc34)ccc(F)c2c(F)c1F. The Morgan fingerprint density at radius 3 is 1.14 bits per heavy atom. The molecule has 0 radical (unpaired) electrons. The second kappa shape index (κ2) is 10.9. The molecule has 6 aromatic carbocycles.